The fraction of sp³-hybridized carbons (Fsp3) is 0.211. The van der Waals surface area contributed by atoms with Crippen LogP contribution in [-0.2, 0) is 4.74 Å². The van der Waals surface area contributed by atoms with Crippen LogP contribution in [0.2, 0.25) is 0 Å². The predicted octanol–water partition coefficient (Wildman–Crippen LogP) is 5.19. The minimum Gasteiger partial charge on any atom is -0.456 e. The van der Waals surface area contributed by atoms with Crippen molar-refractivity contribution in [2.45, 2.75) is 26.4 Å². The number of benzene rings is 2. The van der Waals surface area contributed by atoms with Crippen molar-refractivity contribution in [1.82, 2.24) is 4.57 Å². The molecule has 0 saturated heterocycles. The lowest BCUT2D eigenvalue weighted by Gasteiger charge is -2.19. The highest BCUT2D eigenvalue weighted by molar-refractivity contribution is 14.1. The Morgan fingerprint density at radius 2 is 1.70 bits per heavy atom. The zero-order valence-electron chi connectivity index (χ0n) is 13.3. The van der Waals surface area contributed by atoms with Crippen molar-refractivity contribution >= 4 is 39.5 Å². The average molecular weight is 419 g/mol. The van der Waals surface area contributed by atoms with Gasteiger partial charge in [-0.3, -0.25) is 0 Å². The number of esters is 1. The molecule has 3 nitrogen and oxygen atoms in total. The first kappa shape index (κ1) is 16.1. The van der Waals surface area contributed by atoms with Crippen LogP contribution >= 0.6 is 22.6 Å². The summed E-state index contributed by atoms with van der Waals surface area (Å²) in [5.41, 5.74) is 2.26. The molecule has 0 aliphatic carbocycles. The van der Waals surface area contributed by atoms with E-state index in [-0.39, 0.29) is 5.97 Å². The van der Waals surface area contributed by atoms with Gasteiger partial charge in [0.05, 0.1) is 11.1 Å². The minimum absolute atomic E-state index is 0.295. The first-order chi connectivity index (χ1) is 10.8. The largest absolute Gasteiger partial charge is 0.456 e. The summed E-state index contributed by atoms with van der Waals surface area (Å²) in [4.78, 5) is 12.1. The molecule has 4 heteroatoms. The van der Waals surface area contributed by atoms with Gasteiger partial charge in [0.15, 0.2) is 0 Å². The summed E-state index contributed by atoms with van der Waals surface area (Å²) in [7, 11) is 0. The SMILES string of the molecule is CC(C)(C)OC(=O)c1ccc(-n2cc(I)c3ccccc32)cc1. The molecule has 118 valence electrons. The van der Waals surface area contributed by atoms with Gasteiger partial charge < -0.3 is 9.30 Å². The molecule has 0 saturated carbocycles. The fourth-order valence-electron chi connectivity index (χ4n) is 2.45. The first-order valence-corrected chi connectivity index (χ1v) is 8.52. The zero-order valence-corrected chi connectivity index (χ0v) is 15.5. The highest BCUT2D eigenvalue weighted by Crippen LogP contribution is 2.26. The molecule has 0 aliphatic rings. The van der Waals surface area contributed by atoms with E-state index in [2.05, 4.69) is 45.5 Å². The zero-order chi connectivity index (χ0) is 16.6. The molecule has 0 fully saturated rings. The van der Waals surface area contributed by atoms with Gasteiger partial charge in [-0.05, 0) is 73.7 Å². The molecule has 3 aromatic rings. The Morgan fingerprint density at radius 1 is 1.04 bits per heavy atom. The number of hydrogen-bond acceptors (Lipinski definition) is 2. The Kier molecular flexibility index (Phi) is 4.19. The van der Waals surface area contributed by atoms with E-state index in [0.717, 1.165) is 11.2 Å². The topological polar surface area (TPSA) is 31.2 Å². The van der Waals surface area contributed by atoms with E-state index < -0.39 is 5.60 Å². The average Bonchev–Trinajstić information content (AvgIpc) is 2.83. The normalized spacial score (nSPS) is 11.7. The van der Waals surface area contributed by atoms with Gasteiger partial charge >= 0.3 is 5.97 Å². The van der Waals surface area contributed by atoms with E-state index in [1.165, 1.54) is 8.96 Å². The third kappa shape index (κ3) is 3.42. The maximum atomic E-state index is 12.1. The molecule has 3 rings (SSSR count). The van der Waals surface area contributed by atoms with Crippen molar-refractivity contribution in [3.05, 3.63) is 63.9 Å². The number of carbonyl (C=O) groups is 1. The molecule has 0 aliphatic heterocycles. The van der Waals surface area contributed by atoms with E-state index in [1.54, 1.807) is 0 Å². The van der Waals surface area contributed by atoms with Crippen LogP contribution < -0.4 is 0 Å². The molecule has 0 unspecified atom stereocenters. The van der Waals surface area contributed by atoms with Gasteiger partial charge in [0.25, 0.3) is 0 Å². The summed E-state index contributed by atoms with van der Waals surface area (Å²) < 4.78 is 8.73. The molecule has 0 bridgehead atoms. The second-order valence-corrected chi connectivity index (χ2v) is 7.58. The van der Waals surface area contributed by atoms with Crippen molar-refractivity contribution in [1.29, 1.82) is 0 Å². The molecule has 23 heavy (non-hydrogen) atoms. The van der Waals surface area contributed by atoms with Gasteiger partial charge in [-0.15, -0.1) is 0 Å². The highest BCUT2D eigenvalue weighted by Gasteiger charge is 2.17. The van der Waals surface area contributed by atoms with Crippen LogP contribution in [-0.4, -0.2) is 16.1 Å². The molecular weight excluding hydrogens is 401 g/mol. The molecule has 0 N–H and O–H groups in total. The number of nitrogens with zero attached hydrogens (tertiary/aromatic N) is 1. The molecule has 0 spiro atoms. The van der Waals surface area contributed by atoms with E-state index >= 15 is 0 Å². The van der Waals surface area contributed by atoms with Gasteiger partial charge in [0, 0.05) is 20.8 Å². The van der Waals surface area contributed by atoms with Crippen molar-refractivity contribution in [3.8, 4) is 5.69 Å². The van der Waals surface area contributed by atoms with Crippen LogP contribution in [0.15, 0.2) is 54.7 Å². The molecule has 1 aromatic heterocycles. The number of aromatic nitrogens is 1. The quantitative estimate of drug-likeness (QED) is 0.423. The number of para-hydroxylation sites is 1. The Labute approximate surface area is 149 Å². The molecule has 0 amide bonds. The van der Waals surface area contributed by atoms with Gasteiger partial charge in [0.1, 0.15) is 5.60 Å². The van der Waals surface area contributed by atoms with Crippen LogP contribution in [0, 0.1) is 3.57 Å². The van der Waals surface area contributed by atoms with Crippen LogP contribution in [0.5, 0.6) is 0 Å². The lowest BCUT2D eigenvalue weighted by atomic mass is 10.1. The van der Waals surface area contributed by atoms with E-state index in [9.17, 15) is 4.79 Å². The third-order valence-corrected chi connectivity index (χ3v) is 4.30. The summed E-state index contributed by atoms with van der Waals surface area (Å²) in [6, 6.07) is 15.8. The summed E-state index contributed by atoms with van der Waals surface area (Å²) in [6.07, 6.45) is 2.10. The van der Waals surface area contributed by atoms with Crippen LogP contribution in [0.4, 0.5) is 0 Å². The van der Waals surface area contributed by atoms with Crippen LogP contribution in [0.1, 0.15) is 31.1 Å². The number of halogens is 1. The Morgan fingerprint density at radius 3 is 2.35 bits per heavy atom. The summed E-state index contributed by atoms with van der Waals surface area (Å²) in [5.74, 6) is -0.295. The molecule has 2 aromatic carbocycles. The lowest BCUT2D eigenvalue weighted by molar-refractivity contribution is 0.00696. The van der Waals surface area contributed by atoms with Gasteiger partial charge in [-0.2, -0.15) is 0 Å². The fourth-order valence-corrected chi connectivity index (χ4v) is 3.18. The standard InChI is InChI=1S/C19H18INO2/c1-19(2,3)23-18(22)13-8-10-14(11-9-13)21-12-16(20)15-6-4-5-7-17(15)21/h4-12H,1-3H3. The predicted molar refractivity (Wildman–Crippen MR) is 101 cm³/mol. The van der Waals surface area contributed by atoms with E-state index in [1.807, 2.05) is 57.2 Å². The summed E-state index contributed by atoms with van der Waals surface area (Å²) >= 11 is 2.34. The second kappa shape index (κ2) is 6.00. The first-order valence-electron chi connectivity index (χ1n) is 7.44. The minimum atomic E-state index is -0.484. The van der Waals surface area contributed by atoms with E-state index in [4.69, 9.17) is 4.74 Å². The van der Waals surface area contributed by atoms with Gasteiger partial charge in [-0.25, -0.2) is 4.79 Å². The Balaban J connectivity index is 1.94. The number of carbonyl (C=O) groups excluding carboxylic acids is 1. The molecule has 1 heterocycles. The maximum absolute atomic E-state index is 12.1. The number of rotatable bonds is 2. The summed E-state index contributed by atoms with van der Waals surface area (Å²) in [5, 5.41) is 1.23. The van der Waals surface area contributed by atoms with Crippen molar-refractivity contribution in [2.75, 3.05) is 0 Å². The monoisotopic (exact) mass is 419 g/mol. The number of hydrogen-bond donors (Lipinski definition) is 0. The van der Waals surface area contributed by atoms with Crippen LogP contribution in [0.25, 0.3) is 16.6 Å². The maximum Gasteiger partial charge on any atom is 0.338 e. The highest BCUT2D eigenvalue weighted by atomic mass is 127. The number of fused-ring (bicyclic) bond motifs is 1. The van der Waals surface area contributed by atoms with Crippen molar-refractivity contribution < 1.29 is 9.53 Å². The van der Waals surface area contributed by atoms with Crippen molar-refractivity contribution in [3.63, 3.8) is 0 Å². The van der Waals surface area contributed by atoms with Gasteiger partial charge in [-0.1, -0.05) is 18.2 Å². The van der Waals surface area contributed by atoms with Crippen LogP contribution in [0.3, 0.4) is 0 Å². The Bertz CT molecular complexity index is 857. The lowest BCUT2D eigenvalue weighted by Crippen LogP contribution is -2.23. The number of ether oxygens (including phenoxy) is 1. The van der Waals surface area contributed by atoms with Gasteiger partial charge in [0.2, 0.25) is 0 Å². The third-order valence-electron chi connectivity index (χ3n) is 3.44. The molecule has 0 atom stereocenters. The second-order valence-electron chi connectivity index (χ2n) is 6.41. The summed E-state index contributed by atoms with van der Waals surface area (Å²) in [6.45, 7) is 5.60. The van der Waals surface area contributed by atoms with Crippen molar-refractivity contribution in [2.24, 2.45) is 0 Å². The molecule has 0 radical (unpaired) electrons. The Hall–Kier alpha value is -1.82. The van der Waals surface area contributed by atoms with E-state index in [0.29, 0.717) is 5.56 Å². The molecular formula is C19H18INO2. The smallest absolute Gasteiger partial charge is 0.338 e.